The maximum absolute atomic E-state index is 12.7. The molecular weight excluding hydrogens is 352 g/mol. The standard InChI is InChI=1S/C20H23ClN2O3/c1-20(2,3)26-19(25)22-16-10-7-9-14(12-16)18(24)23(4)13-15-8-5-6-11-17(15)21/h5-12H,13H2,1-4H3,(H,22,25). The number of hydrogen-bond acceptors (Lipinski definition) is 3. The zero-order chi connectivity index (χ0) is 19.3. The zero-order valence-electron chi connectivity index (χ0n) is 15.4. The van der Waals surface area contributed by atoms with E-state index in [1.807, 2.05) is 18.2 Å². The van der Waals surface area contributed by atoms with E-state index in [1.165, 1.54) is 0 Å². The number of carbonyl (C=O) groups is 2. The number of benzene rings is 2. The third-order valence-electron chi connectivity index (χ3n) is 3.47. The average Bonchev–Trinajstić information content (AvgIpc) is 2.54. The maximum atomic E-state index is 12.7. The molecule has 0 bridgehead atoms. The first-order chi connectivity index (χ1) is 12.2. The van der Waals surface area contributed by atoms with E-state index < -0.39 is 11.7 Å². The number of hydrogen-bond donors (Lipinski definition) is 1. The molecule has 2 aromatic carbocycles. The average molecular weight is 375 g/mol. The van der Waals surface area contributed by atoms with Crippen LogP contribution in [0.3, 0.4) is 0 Å². The van der Waals surface area contributed by atoms with Crippen LogP contribution in [0, 0.1) is 0 Å². The van der Waals surface area contributed by atoms with Crippen molar-refractivity contribution in [2.75, 3.05) is 12.4 Å². The summed E-state index contributed by atoms with van der Waals surface area (Å²) in [6.07, 6.45) is -0.563. The molecule has 0 aliphatic carbocycles. The molecule has 0 heterocycles. The molecule has 0 radical (unpaired) electrons. The summed E-state index contributed by atoms with van der Waals surface area (Å²) in [6, 6.07) is 14.1. The number of anilines is 1. The second-order valence-corrected chi connectivity index (χ2v) is 7.37. The van der Waals surface area contributed by atoms with Gasteiger partial charge in [0.1, 0.15) is 5.60 Å². The molecule has 6 heteroatoms. The van der Waals surface area contributed by atoms with E-state index in [2.05, 4.69) is 5.32 Å². The topological polar surface area (TPSA) is 58.6 Å². The van der Waals surface area contributed by atoms with Crippen molar-refractivity contribution in [3.05, 3.63) is 64.7 Å². The zero-order valence-corrected chi connectivity index (χ0v) is 16.1. The van der Waals surface area contributed by atoms with Crippen molar-refractivity contribution in [1.82, 2.24) is 4.90 Å². The van der Waals surface area contributed by atoms with Crippen LogP contribution in [-0.4, -0.2) is 29.5 Å². The van der Waals surface area contributed by atoms with Gasteiger partial charge < -0.3 is 9.64 Å². The maximum Gasteiger partial charge on any atom is 0.412 e. The summed E-state index contributed by atoms with van der Waals surface area (Å²) in [6.45, 7) is 5.75. The first kappa shape index (κ1) is 19.8. The first-order valence-corrected chi connectivity index (χ1v) is 8.62. The minimum atomic E-state index is -0.591. The van der Waals surface area contributed by atoms with Crippen LogP contribution >= 0.6 is 11.6 Å². The predicted molar refractivity (Wildman–Crippen MR) is 104 cm³/mol. The molecule has 0 saturated heterocycles. The highest BCUT2D eigenvalue weighted by Crippen LogP contribution is 2.19. The van der Waals surface area contributed by atoms with Crippen molar-refractivity contribution in [2.24, 2.45) is 0 Å². The van der Waals surface area contributed by atoms with Gasteiger partial charge in [-0.25, -0.2) is 4.79 Å². The van der Waals surface area contributed by atoms with Crippen LogP contribution in [0.15, 0.2) is 48.5 Å². The van der Waals surface area contributed by atoms with Gasteiger partial charge in [0.05, 0.1) is 0 Å². The van der Waals surface area contributed by atoms with Gasteiger partial charge in [0.15, 0.2) is 0 Å². The van der Waals surface area contributed by atoms with Crippen LogP contribution in [0.4, 0.5) is 10.5 Å². The molecule has 0 aliphatic heterocycles. The molecule has 5 nitrogen and oxygen atoms in total. The summed E-state index contributed by atoms with van der Waals surface area (Å²) in [5.41, 5.74) is 1.24. The van der Waals surface area contributed by atoms with Crippen molar-refractivity contribution in [3.63, 3.8) is 0 Å². The molecule has 2 rings (SSSR count). The summed E-state index contributed by atoms with van der Waals surface area (Å²) < 4.78 is 5.22. The van der Waals surface area contributed by atoms with Crippen molar-refractivity contribution in [2.45, 2.75) is 32.9 Å². The number of amides is 2. The van der Waals surface area contributed by atoms with E-state index in [-0.39, 0.29) is 5.91 Å². The smallest absolute Gasteiger partial charge is 0.412 e. The summed E-state index contributed by atoms with van der Waals surface area (Å²) in [7, 11) is 1.71. The molecule has 0 aromatic heterocycles. The summed E-state index contributed by atoms with van der Waals surface area (Å²) >= 11 is 6.15. The van der Waals surface area contributed by atoms with Gasteiger partial charge in [-0.3, -0.25) is 10.1 Å². The van der Waals surface area contributed by atoms with Crippen molar-refractivity contribution in [1.29, 1.82) is 0 Å². The molecule has 0 spiro atoms. The monoisotopic (exact) mass is 374 g/mol. The van der Waals surface area contributed by atoms with Crippen LogP contribution in [-0.2, 0) is 11.3 Å². The third-order valence-corrected chi connectivity index (χ3v) is 3.84. The molecule has 1 N–H and O–H groups in total. The van der Waals surface area contributed by atoms with E-state index in [0.717, 1.165) is 5.56 Å². The molecule has 0 unspecified atom stereocenters. The van der Waals surface area contributed by atoms with Crippen LogP contribution in [0.5, 0.6) is 0 Å². The lowest BCUT2D eigenvalue weighted by Gasteiger charge is -2.20. The van der Waals surface area contributed by atoms with Crippen LogP contribution in [0.1, 0.15) is 36.7 Å². The highest BCUT2D eigenvalue weighted by molar-refractivity contribution is 6.31. The first-order valence-electron chi connectivity index (χ1n) is 8.24. The van der Waals surface area contributed by atoms with Gasteiger partial charge in [0.2, 0.25) is 0 Å². The fraction of sp³-hybridized carbons (Fsp3) is 0.300. The Hall–Kier alpha value is -2.53. The summed E-state index contributed by atoms with van der Waals surface area (Å²) in [5, 5.41) is 3.26. The van der Waals surface area contributed by atoms with Gasteiger partial charge in [-0.2, -0.15) is 0 Å². The number of rotatable bonds is 4. The van der Waals surface area contributed by atoms with E-state index in [4.69, 9.17) is 16.3 Å². The highest BCUT2D eigenvalue weighted by Gasteiger charge is 2.17. The number of ether oxygens (including phenoxy) is 1. The van der Waals surface area contributed by atoms with E-state index in [1.54, 1.807) is 63.1 Å². The molecule has 0 fully saturated rings. The van der Waals surface area contributed by atoms with Gasteiger partial charge in [0.25, 0.3) is 5.91 Å². The second-order valence-electron chi connectivity index (χ2n) is 6.96. The molecule has 0 aliphatic rings. The van der Waals surface area contributed by atoms with Gasteiger partial charge in [-0.05, 0) is 50.6 Å². The Kier molecular flexibility index (Phi) is 6.27. The minimum Gasteiger partial charge on any atom is -0.444 e. The normalized spacial score (nSPS) is 11.0. The predicted octanol–water partition coefficient (Wildman–Crippen LogP) is 4.96. The fourth-order valence-corrected chi connectivity index (χ4v) is 2.52. The lowest BCUT2D eigenvalue weighted by molar-refractivity contribution is 0.0635. The Morgan fingerprint density at radius 2 is 1.81 bits per heavy atom. The number of nitrogens with one attached hydrogen (secondary N) is 1. The van der Waals surface area contributed by atoms with Gasteiger partial charge in [-0.15, -0.1) is 0 Å². The molecule has 0 saturated carbocycles. The Labute approximate surface area is 158 Å². The minimum absolute atomic E-state index is 0.169. The molecule has 26 heavy (non-hydrogen) atoms. The van der Waals surface area contributed by atoms with Gasteiger partial charge in [-0.1, -0.05) is 35.9 Å². The van der Waals surface area contributed by atoms with E-state index in [0.29, 0.717) is 22.8 Å². The Morgan fingerprint density at radius 1 is 1.12 bits per heavy atom. The number of carbonyl (C=O) groups excluding carboxylic acids is 2. The third kappa shape index (κ3) is 5.77. The Bertz CT molecular complexity index is 800. The van der Waals surface area contributed by atoms with Crippen LogP contribution in [0.25, 0.3) is 0 Å². The number of nitrogens with zero attached hydrogens (tertiary/aromatic N) is 1. The van der Waals surface area contributed by atoms with Crippen molar-refractivity contribution < 1.29 is 14.3 Å². The molecule has 0 atom stereocenters. The van der Waals surface area contributed by atoms with E-state index >= 15 is 0 Å². The molecule has 138 valence electrons. The lowest BCUT2D eigenvalue weighted by atomic mass is 10.1. The highest BCUT2D eigenvalue weighted by atomic mass is 35.5. The van der Waals surface area contributed by atoms with Crippen molar-refractivity contribution in [3.8, 4) is 0 Å². The fourth-order valence-electron chi connectivity index (χ4n) is 2.33. The summed E-state index contributed by atoms with van der Waals surface area (Å²) in [4.78, 5) is 26.1. The quantitative estimate of drug-likeness (QED) is 0.822. The van der Waals surface area contributed by atoms with Gasteiger partial charge in [0, 0.05) is 29.9 Å². The van der Waals surface area contributed by atoms with Crippen LogP contribution < -0.4 is 5.32 Å². The molecule has 2 aromatic rings. The summed E-state index contributed by atoms with van der Waals surface area (Å²) in [5.74, 6) is -0.169. The van der Waals surface area contributed by atoms with Crippen LogP contribution in [0.2, 0.25) is 5.02 Å². The number of halogens is 1. The second kappa shape index (κ2) is 8.23. The Balaban J connectivity index is 2.07. The lowest BCUT2D eigenvalue weighted by Crippen LogP contribution is -2.28. The molecule has 2 amide bonds. The van der Waals surface area contributed by atoms with Crippen molar-refractivity contribution >= 4 is 29.3 Å². The molecular formula is C20H23ClN2O3. The largest absolute Gasteiger partial charge is 0.444 e. The van der Waals surface area contributed by atoms with Gasteiger partial charge >= 0.3 is 6.09 Å². The SMILES string of the molecule is CN(Cc1ccccc1Cl)C(=O)c1cccc(NC(=O)OC(C)(C)C)c1. The van der Waals surface area contributed by atoms with E-state index in [9.17, 15) is 9.59 Å². The Morgan fingerprint density at radius 3 is 2.46 bits per heavy atom.